The fourth-order valence-electron chi connectivity index (χ4n) is 2.38. The molecule has 0 spiro atoms. The first-order chi connectivity index (χ1) is 9.51. The van der Waals surface area contributed by atoms with Gasteiger partial charge in [-0.05, 0) is 17.7 Å². The van der Waals surface area contributed by atoms with Crippen molar-refractivity contribution in [1.82, 2.24) is 4.90 Å². The van der Waals surface area contributed by atoms with Gasteiger partial charge in [-0.15, -0.1) is 0 Å². The van der Waals surface area contributed by atoms with E-state index in [0.717, 1.165) is 5.56 Å². The zero-order valence-electron chi connectivity index (χ0n) is 11.2. The normalized spacial score (nSPS) is 21.8. The predicted molar refractivity (Wildman–Crippen MR) is 70.5 cm³/mol. The maximum absolute atomic E-state index is 12.2. The van der Waals surface area contributed by atoms with Gasteiger partial charge in [0, 0.05) is 13.0 Å². The summed E-state index contributed by atoms with van der Waals surface area (Å²) < 4.78 is 5.08. The smallest absolute Gasteiger partial charge is 0.326 e. The lowest BCUT2D eigenvalue weighted by molar-refractivity contribution is -0.148. The molecular formula is C14H17NO5. The summed E-state index contributed by atoms with van der Waals surface area (Å²) in [6.07, 6.45) is -0.599. The Balaban J connectivity index is 2.09. The van der Waals surface area contributed by atoms with Crippen molar-refractivity contribution in [2.24, 2.45) is 0 Å². The van der Waals surface area contributed by atoms with Gasteiger partial charge in [0.05, 0.1) is 19.6 Å². The zero-order chi connectivity index (χ0) is 14.7. The van der Waals surface area contributed by atoms with E-state index < -0.39 is 18.1 Å². The van der Waals surface area contributed by atoms with Crippen molar-refractivity contribution in [3.8, 4) is 5.75 Å². The molecule has 1 amide bonds. The van der Waals surface area contributed by atoms with Crippen LogP contribution in [0.2, 0.25) is 0 Å². The molecule has 0 bridgehead atoms. The number of methoxy groups -OCH3 is 1. The minimum absolute atomic E-state index is 0.0692. The highest BCUT2D eigenvalue weighted by atomic mass is 16.5. The Morgan fingerprint density at radius 3 is 2.85 bits per heavy atom. The average Bonchev–Trinajstić information content (AvgIpc) is 2.81. The van der Waals surface area contributed by atoms with E-state index in [9.17, 15) is 14.7 Å². The standard InChI is InChI=1S/C14H17NO5/c1-20-11-4-2-3-9(5-11)6-13(17)15-8-10(16)7-12(15)14(18)19/h2-5,10,12,16H,6-8H2,1H3,(H,18,19)/t10?,12-/m0/s1. The van der Waals surface area contributed by atoms with Gasteiger partial charge < -0.3 is 19.8 Å². The molecule has 2 rings (SSSR count). The lowest BCUT2D eigenvalue weighted by Gasteiger charge is -2.21. The Hall–Kier alpha value is -2.08. The van der Waals surface area contributed by atoms with E-state index in [0.29, 0.717) is 5.75 Å². The summed E-state index contributed by atoms with van der Waals surface area (Å²) >= 11 is 0. The van der Waals surface area contributed by atoms with E-state index in [4.69, 9.17) is 9.84 Å². The van der Waals surface area contributed by atoms with Crippen molar-refractivity contribution in [3.05, 3.63) is 29.8 Å². The molecule has 1 aliphatic rings. The van der Waals surface area contributed by atoms with E-state index >= 15 is 0 Å². The van der Waals surface area contributed by atoms with Crippen LogP contribution in [-0.2, 0) is 16.0 Å². The molecule has 0 aliphatic carbocycles. The van der Waals surface area contributed by atoms with Crippen LogP contribution in [0.4, 0.5) is 0 Å². The number of likely N-dealkylation sites (tertiary alicyclic amines) is 1. The van der Waals surface area contributed by atoms with Crippen LogP contribution < -0.4 is 4.74 Å². The number of aliphatic hydroxyl groups is 1. The lowest BCUT2D eigenvalue weighted by atomic mass is 10.1. The number of carboxylic acids is 1. The molecule has 0 aromatic heterocycles. The van der Waals surface area contributed by atoms with Crippen LogP contribution in [0.1, 0.15) is 12.0 Å². The molecule has 1 aromatic carbocycles. The molecule has 6 nitrogen and oxygen atoms in total. The largest absolute Gasteiger partial charge is 0.497 e. The molecule has 0 radical (unpaired) electrons. The predicted octanol–water partition coefficient (Wildman–Crippen LogP) is 0.284. The van der Waals surface area contributed by atoms with E-state index in [-0.39, 0.29) is 25.3 Å². The molecule has 2 N–H and O–H groups in total. The Morgan fingerprint density at radius 2 is 2.20 bits per heavy atom. The number of hydrogen-bond acceptors (Lipinski definition) is 4. The van der Waals surface area contributed by atoms with E-state index in [1.165, 1.54) is 12.0 Å². The van der Waals surface area contributed by atoms with Crippen molar-refractivity contribution in [2.75, 3.05) is 13.7 Å². The van der Waals surface area contributed by atoms with Crippen molar-refractivity contribution in [3.63, 3.8) is 0 Å². The lowest BCUT2D eigenvalue weighted by Crippen LogP contribution is -2.41. The maximum Gasteiger partial charge on any atom is 0.326 e. The number of aliphatic carboxylic acids is 1. The molecule has 1 aliphatic heterocycles. The number of nitrogens with zero attached hydrogens (tertiary/aromatic N) is 1. The fourth-order valence-corrected chi connectivity index (χ4v) is 2.38. The highest BCUT2D eigenvalue weighted by molar-refractivity contribution is 5.85. The number of hydrogen-bond donors (Lipinski definition) is 2. The fraction of sp³-hybridized carbons (Fsp3) is 0.429. The first-order valence-electron chi connectivity index (χ1n) is 6.34. The van der Waals surface area contributed by atoms with Gasteiger partial charge in [-0.25, -0.2) is 4.79 Å². The number of rotatable bonds is 4. The Labute approximate surface area is 116 Å². The third-order valence-corrected chi connectivity index (χ3v) is 3.37. The second-order valence-corrected chi connectivity index (χ2v) is 4.82. The highest BCUT2D eigenvalue weighted by Crippen LogP contribution is 2.20. The number of β-amino-alcohol motifs (C(OH)–C–C–N with tert-alkyl or cyclic N) is 1. The molecule has 6 heteroatoms. The quantitative estimate of drug-likeness (QED) is 0.827. The summed E-state index contributed by atoms with van der Waals surface area (Å²) in [6.45, 7) is 0.0692. The van der Waals surface area contributed by atoms with Crippen LogP contribution in [0.25, 0.3) is 0 Å². The SMILES string of the molecule is COc1cccc(CC(=O)N2CC(O)C[C@H]2C(=O)O)c1. The third-order valence-electron chi connectivity index (χ3n) is 3.37. The van der Waals surface area contributed by atoms with E-state index in [2.05, 4.69) is 0 Å². The maximum atomic E-state index is 12.2. The summed E-state index contributed by atoms with van der Waals surface area (Å²) in [4.78, 5) is 24.5. The minimum atomic E-state index is -1.08. The van der Waals surface area contributed by atoms with Gasteiger partial charge in [0.1, 0.15) is 11.8 Å². The van der Waals surface area contributed by atoms with Gasteiger partial charge in [-0.3, -0.25) is 4.79 Å². The van der Waals surface area contributed by atoms with Crippen LogP contribution in [0.15, 0.2) is 24.3 Å². The van der Waals surface area contributed by atoms with Crippen LogP contribution >= 0.6 is 0 Å². The number of carbonyl (C=O) groups excluding carboxylic acids is 1. The van der Waals surface area contributed by atoms with Gasteiger partial charge in [-0.2, -0.15) is 0 Å². The summed E-state index contributed by atoms with van der Waals surface area (Å²) in [7, 11) is 1.54. The molecule has 2 atom stereocenters. The van der Waals surface area contributed by atoms with E-state index in [1.54, 1.807) is 24.3 Å². The Kier molecular flexibility index (Phi) is 4.24. The van der Waals surface area contributed by atoms with Crippen molar-refractivity contribution in [1.29, 1.82) is 0 Å². The summed E-state index contributed by atoms with van der Waals surface area (Å²) in [5.41, 5.74) is 0.750. The summed E-state index contributed by atoms with van der Waals surface area (Å²) in [6, 6.07) is 6.12. The number of benzene rings is 1. The second-order valence-electron chi connectivity index (χ2n) is 4.82. The summed E-state index contributed by atoms with van der Waals surface area (Å²) in [5.74, 6) is -0.741. The van der Waals surface area contributed by atoms with Gasteiger partial charge in [0.25, 0.3) is 0 Å². The Morgan fingerprint density at radius 1 is 1.45 bits per heavy atom. The van der Waals surface area contributed by atoms with Crippen molar-refractivity contribution in [2.45, 2.75) is 25.0 Å². The Bertz CT molecular complexity index is 516. The minimum Gasteiger partial charge on any atom is -0.497 e. The van der Waals surface area contributed by atoms with E-state index in [1.807, 2.05) is 0 Å². The van der Waals surface area contributed by atoms with Crippen molar-refractivity contribution < 1.29 is 24.5 Å². The first-order valence-corrected chi connectivity index (χ1v) is 6.34. The number of amides is 1. The molecule has 1 heterocycles. The molecule has 1 unspecified atom stereocenters. The zero-order valence-corrected chi connectivity index (χ0v) is 11.2. The van der Waals surface area contributed by atoms with Crippen LogP contribution in [-0.4, -0.2) is 52.8 Å². The van der Waals surface area contributed by atoms with Gasteiger partial charge in [0.2, 0.25) is 5.91 Å². The third kappa shape index (κ3) is 3.08. The van der Waals surface area contributed by atoms with Gasteiger partial charge in [0.15, 0.2) is 0 Å². The number of carboxylic acid groups (broad SMARTS) is 1. The molecule has 20 heavy (non-hydrogen) atoms. The molecule has 0 saturated carbocycles. The number of aliphatic hydroxyl groups excluding tert-OH is 1. The summed E-state index contributed by atoms with van der Waals surface area (Å²) in [5, 5.41) is 18.6. The average molecular weight is 279 g/mol. The van der Waals surface area contributed by atoms with Gasteiger partial charge >= 0.3 is 5.97 Å². The van der Waals surface area contributed by atoms with Gasteiger partial charge in [-0.1, -0.05) is 12.1 Å². The molecule has 108 valence electrons. The monoisotopic (exact) mass is 279 g/mol. The molecular weight excluding hydrogens is 262 g/mol. The molecule has 1 fully saturated rings. The second kappa shape index (κ2) is 5.92. The first kappa shape index (κ1) is 14.3. The number of carbonyl (C=O) groups is 2. The molecule has 1 saturated heterocycles. The highest BCUT2D eigenvalue weighted by Gasteiger charge is 2.38. The van der Waals surface area contributed by atoms with Crippen molar-refractivity contribution >= 4 is 11.9 Å². The topological polar surface area (TPSA) is 87.1 Å². The van der Waals surface area contributed by atoms with Crippen LogP contribution in [0.3, 0.4) is 0 Å². The molecule has 1 aromatic rings. The number of ether oxygens (including phenoxy) is 1. The van der Waals surface area contributed by atoms with Crippen LogP contribution in [0, 0.1) is 0 Å². The van der Waals surface area contributed by atoms with Crippen LogP contribution in [0.5, 0.6) is 5.75 Å².